The number of hydrogen-bond donors (Lipinski definition) is 1. The Hall–Kier alpha value is -0.130. The average Bonchev–Trinajstić information content (AvgIpc) is 2.23. The Kier molecular flexibility index (Phi) is 8.17. The summed E-state index contributed by atoms with van der Waals surface area (Å²) in [5, 5.41) is 3.50. The summed E-state index contributed by atoms with van der Waals surface area (Å²) in [7, 11) is -0.862. The largest absolute Gasteiger partial charge is 0.314 e. The minimum absolute atomic E-state index is 0.200. The van der Waals surface area contributed by atoms with Crippen LogP contribution in [0.25, 0.3) is 0 Å². The van der Waals surface area contributed by atoms with Crippen LogP contribution in [-0.2, 0) is 9.84 Å². The normalized spacial score (nSPS) is 16.0. The van der Waals surface area contributed by atoms with Gasteiger partial charge in [-0.25, -0.2) is 8.42 Å². The summed E-state index contributed by atoms with van der Waals surface area (Å²) in [5.41, 5.74) is 0.200. The number of nitrogens with zero attached hydrogens (tertiary/aromatic N) is 1. The predicted octanol–water partition coefficient (Wildman–Crippen LogP) is 1.77. The Morgan fingerprint density at radius 2 is 1.89 bits per heavy atom. The molecule has 116 valence electrons. The molecule has 0 aliphatic heterocycles. The van der Waals surface area contributed by atoms with Gasteiger partial charge in [0.05, 0.1) is 5.75 Å². The summed E-state index contributed by atoms with van der Waals surface area (Å²) in [6, 6.07) is 0.484. The second-order valence-corrected chi connectivity index (χ2v) is 8.72. The molecule has 5 heteroatoms. The van der Waals surface area contributed by atoms with Gasteiger partial charge in [-0.1, -0.05) is 34.1 Å². The van der Waals surface area contributed by atoms with E-state index in [4.69, 9.17) is 0 Å². The molecule has 0 aromatic rings. The molecule has 4 nitrogen and oxygen atoms in total. The van der Waals surface area contributed by atoms with E-state index < -0.39 is 9.84 Å². The lowest BCUT2D eigenvalue weighted by Gasteiger charge is -2.34. The Bertz CT molecular complexity index is 341. The molecule has 0 aliphatic carbocycles. The van der Waals surface area contributed by atoms with E-state index in [1.54, 1.807) is 0 Å². The van der Waals surface area contributed by atoms with Crippen LogP contribution < -0.4 is 5.32 Å². The van der Waals surface area contributed by atoms with E-state index in [2.05, 4.69) is 37.9 Å². The molecule has 0 bridgehead atoms. The van der Waals surface area contributed by atoms with Crippen molar-refractivity contribution in [1.29, 1.82) is 0 Å². The first-order chi connectivity index (χ1) is 8.58. The van der Waals surface area contributed by atoms with Gasteiger partial charge in [-0.15, -0.1) is 0 Å². The van der Waals surface area contributed by atoms with Crippen LogP contribution in [0.15, 0.2) is 0 Å². The highest BCUT2D eigenvalue weighted by molar-refractivity contribution is 7.90. The number of nitrogens with one attached hydrogen (secondary N) is 1. The Balaban J connectivity index is 4.38. The van der Waals surface area contributed by atoms with Crippen molar-refractivity contribution in [3.05, 3.63) is 0 Å². The van der Waals surface area contributed by atoms with Gasteiger partial charge in [-0.2, -0.15) is 0 Å². The standard InChI is InChI=1S/C14H32N2O2S/c1-7-8-14(4,11-15-13(2)3)12-16(5)9-10-19(6,17)18/h13,15H,7-12H2,1-6H3. The molecule has 0 saturated heterocycles. The molecule has 0 radical (unpaired) electrons. The molecule has 0 heterocycles. The third-order valence-electron chi connectivity index (χ3n) is 3.29. The van der Waals surface area contributed by atoms with Gasteiger partial charge in [-0.3, -0.25) is 0 Å². The second kappa shape index (κ2) is 8.22. The molecule has 0 aliphatic rings. The molecule has 0 rings (SSSR count). The molecule has 0 saturated carbocycles. The van der Waals surface area contributed by atoms with Crippen molar-refractivity contribution in [2.24, 2.45) is 5.41 Å². The second-order valence-electron chi connectivity index (χ2n) is 6.46. The fourth-order valence-electron chi connectivity index (χ4n) is 2.33. The monoisotopic (exact) mass is 292 g/mol. The van der Waals surface area contributed by atoms with Crippen LogP contribution in [0.5, 0.6) is 0 Å². The minimum Gasteiger partial charge on any atom is -0.314 e. The lowest BCUT2D eigenvalue weighted by Crippen LogP contribution is -2.43. The molecular weight excluding hydrogens is 260 g/mol. The number of sulfone groups is 1. The fourth-order valence-corrected chi connectivity index (χ4v) is 2.97. The number of rotatable bonds is 10. The predicted molar refractivity (Wildman–Crippen MR) is 83.4 cm³/mol. The van der Waals surface area contributed by atoms with E-state index in [0.717, 1.165) is 25.9 Å². The van der Waals surface area contributed by atoms with Crippen molar-refractivity contribution in [2.45, 2.75) is 46.6 Å². The van der Waals surface area contributed by atoms with E-state index in [-0.39, 0.29) is 11.2 Å². The Morgan fingerprint density at radius 3 is 2.32 bits per heavy atom. The maximum absolute atomic E-state index is 11.2. The molecule has 19 heavy (non-hydrogen) atoms. The quantitative estimate of drug-likeness (QED) is 0.667. The van der Waals surface area contributed by atoms with Crippen LogP contribution in [0.3, 0.4) is 0 Å². The maximum atomic E-state index is 11.2. The Labute approximate surface area is 119 Å². The third kappa shape index (κ3) is 10.3. The first kappa shape index (κ1) is 18.9. The van der Waals surface area contributed by atoms with Gasteiger partial charge < -0.3 is 10.2 Å². The summed E-state index contributed by atoms with van der Waals surface area (Å²) in [6.07, 6.45) is 3.60. The zero-order chi connectivity index (χ0) is 15.1. The summed E-state index contributed by atoms with van der Waals surface area (Å²) < 4.78 is 22.4. The van der Waals surface area contributed by atoms with Crippen molar-refractivity contribution in [3.8, 4) is 0 Å². The molecule has 1 N–H and O–H groups in total. The topological polar surface area (TPSA) is 49.4 Å². The van der Waals surface area contributed by atoms with Gasteiger partial charge in [0.15, 0.2) is 0 Å². The molecule has 1 unspecified atom stereocenters. The van der Waals surface area contributed by atoms with Crippen LogP contribution in [0.1, 0.15) is 40.5 Å². The van der Waals surface area contributed by atoms with Crippen LogP contribution in [0.4, 0.5) is 0 Å². The van der Waals surface area contributed by atoms with E-state index in [1.165, 1.54) is 6.26 Å². The molecule has 0 aromatic carbocycles. The summed E-state index contributed by atoms with van der Waals surface area (Å²) in [4.78, 5) is 2.14. The summed E-state index contributed by atoms with van der Waals surface area (Å²) in [6.45, 7) is 11.3. The molecule has 1 atom stereocenters. The van der Waals surface area contributed by atoms with E-state index >= 15 is 0 Å². The summed E-state index contributed by atoms with van der Waals surface area (Å²) >= 11 is 0. The van der Waals surface area contributed by atoms with E-state index in [9.17, 15) is 8.42 Å². The van der Waals surface area contributed by atoms with E-state index in [1.807, 2.05) is 7.05 Å². The smallest absolute Gasteiger partial charge is 0.148 e. The van der Waals surface area contributed by atoms with Gasteiger partial charge in [0.25, 0.3) is 0 Å². The highest BCUT2D eigenvalue weighted by Crippen LogP contribution is 2.23. The maximum Gasteiger partial charge on any atom is 0.148 e. The van der Waals surface area contributed by atoms with Gasteiger partial charge in [0.2, 0.25) is 0 Å². The van der Waals surface area contributed by atoms with Crippen molar-refractivity contribution in [2.75, 3.05) is 38.7 Å². The molecule has 0 fully saturated rings. The van der Waals surface area contributed by atoms with E-state index in [0.29, 0.717) is 12.6 Å². The molecule has 0 spiro atoms. The van der Waals surface area contributed by atoms with Crippen molar-refractivity contribution in [1.82, 2.24) is 10.2 Å². The first-order valence-electron chi connectivity index (χ1n) is 7.17. The minimum atomic E-state index is -2.87. The van der Waals surface area contributed by atoms with Crippen LogP contribution in [0, 0.1) is 5.41 Å². The van der Waals surface area contributed by atoms with Crippen LogP contribution >= 0.6 is 0 Å². The highest BCUT2D eigenvalue weighted by atomic mass is 32.2. The average molecular weight is 292 g/mol. The molecular formula is C14H32N2O2S. The SMILES string of the molecule is CCCC(C)(CNC(C)C)CN(C)CCS(C)(=O)=O. The lowest BCUT2D eigenvalue weighted by molar-refractivity contribution is 0.175. The van der Waals surface area contributed by atoms with Crippen LogP contribution in [0.2, 0.25) is 0 Å². The fraction of sp³-hybridized carbons (Fsp3) is 1.00. The number of hydrogen-bond acceptors (Lipinski definition) is 4. The summed E-state index contributed by atoms with van der Waals surface area (Å²) in [5.74, 6) is 0.239. The zero-order valence-corrected chi connectivity index (χ0v) is 14.3. The Morgan fingerprint density at radius 1 is 1.32 bits per heavy atom. The van der Waals surface area contributed by atoms with Gasteiger partial charge in [0, 0.05) is 31.9 Å². The van der Waals surface area contributed by atoms with Crippen molar-refractivity contribution < 1.29 is 8.42 Å². The van der Waals surface area contributed by atoms with Gasteiger partial charge >= 0.3 is 0 Å². The van der Waals surface area contributed by atoms with Gasteiger partial charge in [0.1, 0.15) is 9.84 Å². The third-order valence-corrected chi connectivity index (χ3v) is 4.21. The van der Waals surface area contributed by atoms with Crippen molar-refractivity contribution >= 4 is 9.84 Å². The zero-order valence-electron chi connectivity index (χ0n) is 13.5. The van der Waals surface area contributed by atoms with Crippen molar-refractivity contribution in [3.63, 3.8) is 0 Å². The first-order valence-corrected chi connectivity index (χ1v) is 9.24. The molecule has 0 amide bonds. The highest BCUT2D eigenvalue weighted by Gasteiger charge is 2.25. The lowest BCUT2D eigenvalue weighted by atomic mass is 9.84. The molecule has 0 aromatic heterocycles. The van der Waals surface area contributed by atoms with Gasteiger partial charge in [-0.05, 0) is 18.9 Å². The van der Waals surface area contributed by atoms with Crippen LogP contribution in [-0.4, -0.2) is 58.1 Å².